The molecule has 0 saturated carbocycles. The van der Waals surface area contributed by atoms with Gasteiger partial charge in [-0.25, -0.2) is 0 Å². The van der Waals surface area contributed by atoms with Gasteiger partial charge in [0.1, 0.15) is 5.69 Å². The molecule has 0 radical (unpaired) electrons. The minimum Gasteiger partial charge on any atom is -0.324 e. The summed E-state index contributed by atoms with van der Waals surface area (Å²) in [6.07, 6.45) is 1.94. The van der Waals surface area contributed by atoms with E-state index in [0.717, 1.165) is 22.6 Å². The fourth-order valence-corrected chi connectivity index (χ4v) is 4.21. The summed E-state index contributed by atoms with van der Waals surface area (Å²) in [5, 5.41) is 17.4. The molecule has 0 saturated heterocycles. The van der Waals surface area contributed by atoms with E-state index in [1.807, 2.05) is 67.2 Å². The Morgan fingerprint density at radius 2 is 1.84 bits per heavy atom. The van der Waals surface area contributed by atoms with Crippen molar-refractivity contribution in [1.29, 1.82) is 0 Å². The fourth-order valence-electron chi connectivity index (χ4n) is 3.22. The minimum atomic E-state index is -0.156. The molecule has 7 nitrogen and oxygen atoms in total. The van der Waals surface area contributed by atoms with Crippen LogP contribution in [0.15, 0.2) is 66.0 Å². The first-order chi connectivity index (χ1) is 15.1. The van der Waals surface area contributed by atoms with E-state index in [1.54, 1.807) is 16.8 Å². The molecule has 4 aromatic rings. The summed E-state index contributed by atoms with van der Waals surface area (Å²) in [6.45, 7) is 2.69. The quantitative estimate of drug-likeness (QED) is 0.409. The highest BCUT2D eigenvalue weighted by Crippen LogP contribution is 2.32. The van der Waals surface area contributed by atoms with E-state index in [9.17, 15) is 4.79 Å². The molecule has 0 unspecified atom stereocenters. The van der Waals surface area contributed by atoms with Crippen molar-refractivity contribution >= 4 is 35.0 Å². The summed E-state index contributed by atoms with van der Waals surface area (Å²) >= 11 is 7.45. The molecule has 2 aromatic heterocycles. The second-order valence-corrected chi connectivity index (χ2v) is 8.15. The lowest BCUT2D eigenvalue weighted by Gasteiger charge is -2.08. The van der Waals surface area contributed by atoms with Crippen molar-refractivity contribution in [3.63, 3.8) is 0 Å². The number of nitrogens with one attached hydrogen (secondary N) is 1. The molecule has 2 aromatic carbocycles. The highest BCUT2D eigenvalue weighted by molar-refractivity contribution is 7.99. The Bertz CT molecular complexity index is 1200. The number of rotatable bonds is 7. The van der Waals surface area contributed by atoms with Gasteiger partial charge in [-0.15, -0.1) is 10.2 Å². The van der Waals surface area contributed by atoms with Crippen molar-refractivity contribution in [3.05, 3.63) is 65.8 Å². The molecule has 0 fully saturated rings. The average molecular weight is 453 g/mol. The van der Waals surface area contributed by atoms with Gasteiger partial charge < -0.3 is 9.88 Å². The van der Waals surface area contributed by atoms with E-state index in [2.05, 4.69) is 20.6 Å². The Balaban J connectivity index is 1.55. The molecule has 0 spiro atoms. The second-order valence-electron chi connectivity index (χ2n) is 6.80. The molecular weight excluding hydrogens is 432 g/mol. The average Bonchev–Trinajstić information content (AvgIpc) is 3.37. The highest BCUT2D eigenvalue weighted by Gasteiger charge is 2.20. The van der Waals surface area contributed by atoms with Crippen LogP contribution in [0, 0.1) is 0 Å². The zero-order chi connectivity index (χ0) is 21.8. The topological polar surface area (TPSA) is 77.6 Å². The van der Waals surface area contributed by atoms with Crippen molar-refractivity contribution in [2.75, 3.05) is 11.1 Å². The molecule has 158 valence electrons. The van der Waals surface area contributed by atoms with Crippen molar-refractivity contribution in [1.82, 2.24) is 24.5 Å². The maximum absolute atomic E-state index is 12.4. The number of anilines is 1. The van der Waals surface area contributed by atoms with E-state index in [-0.39, 0.29) is 11.7 Å². The predicted molar refractivity (Wildman–Crippen MR) is 124 cm³/mol. The number of carbonyl (C=O) groups is 1. The van der Waals surface area contributed by atoms with Crippen LogP contribution in [0.2, 0.25) is 5.02 Å². The molecule has 1 amide bonds. The number of nitrogens with zero attached hydrogens (tertiary/aromatic N) is 5. The third-order valence-corrected chi connectivity index (χ3v) is 5.93. The van der Waals surface area contributed by atoms with Crippen LogP contribution in [-0.2, 0) is 18.4 Å². The molecule has 31 heavy (non-hydrogen) atoms. The second kappa shape index (κ2) is 9.36. The van der Waals surface area contributed by atoms with E-state index < -0.39 is 0 Å². The molecule has 2 heterocycles. The fraction of sp³-hybridized carbons (Fsp3) is 0.182. The largest absolute Gasteiger partial charge is 0.324 e. The molecule has 0 bridgehead atoms. The number of para-hydroxylation sites is 1. The van der Waals surface area contributed by atoms with Crippen molar-refractivity contribution in [2.45, 2.75) is 18.6 Å². The first kappa shape index (κ1) is 21.1. The highest BCUT2D eigenvalue weighted by atomic mass is 35.5. The summed E-state index contributed by atoms with van der Waals surface area (Å²) in [5.74, 6) is 0.766. The first-order valence-electron chi connectivity index (χ1n) is 9.76. The monoisotopic (exact) mass is 452 g/mol. The number of aryl methyl sites for hydroxylation is 1. The van der Waals surface area contributed by atoms with Crippen LogP contribution < -0.4 is 5.32 Å². The third kappa shape index (κ3) is 4.65. The van der Waals surface area contributed by atoms with Crippen LogP contribution in [0.25, 0.3) is 22.6 Å². The molecule has 0 atom stereocenters. The van der Waals surface area contributed by atoms with Crippen molar-refractivity contribution < 1.29 is 4.79 Å². The summed E-state index contributed by atoms with van der Waals surface area (Å²) < 4.78 is 3.77. The van der Waals surface area contributed by atoms with Gasteiger partial charge in [-0.2, -0.15) is 5.10 Å². The Morgan fingerprint density at radius 3 is 2.58 bits per heavy atom. The number of halogens is 1. The van der Waals surface area contributed by atoms with Crippen LogP contribution in [-0.4, -0.2) is 36.2 Å². The van der Waals surface area contributed by atoms with Crippen LogP contribution in [0.3, 0.4) is 0 Å². The van der Waals surface area contributed by atoms with E-state index >= 15 is 0 Å². The maximum atomic E-state index is 12.4. The van der Waals surface area contributed by atoms with Gasteiger partial charge in [-0.3, -0.25) is 9.48 Å². The number of carbonyl (C=O) groups excluding carboxylic acids is 1. The Morgan fingerprint density at radius 1 is 1.10 bits per heavy atom. The van der Waals surface area contributed by atoms with E-state index in [4.69, 9.17) is 11.6 Å². The Kier molecular flexibility index (Phi) is 6.39. The lowest BCUT2D eigenvalue weighted by atomic mass is 10.1. The molecular formula is C22H21ClN6OS. The number of hydrogen-bond acceptors (Lipinski definition) is 5. The zero-order valence-corrected chi connectivity index (χ0v) is 18.7. The number of amides is 1. The summed E-state index contributed by atoms with van der Waals surface area (Å²) in [4.78, 5) is 12.4. The molecule has 9 heteroatoms. The lowest BCUT2D eigenvalue weighted by molar-refractivity contribution is -0.113. The van der Waals surface area contributed by atoms with Gasteiger partial charge in [0.05, 0.1) is 22.0 Å². The number of aromatic nitrogens is 5. The molecule has 1 N–H and O–H groups in total. The van der Waals surface area contributed by atoms with Gasteiger partial charge >= 0.3 is 0 Å². The van der Waals surface area contributed by atoms with Gasteiger partial charge in [-0.05, 0) is 19.1 Å². The Hall–Kier alpha value is -3.10. The van der Waals surface area contributed by atoms with Gasteiger partial charge in [-0.1, -0.05) is 65.8 Å². The zero-order valence-electron chi connectivity index (χ0n) is 17.1. The molecule has 0 aliphatic heterocycles. The maximum Gasteiger partial charge on any atom is 0.234 e. The van der Waals surface area contributed by atoms with Gasteiger partial charge in [0, 0.05) is 25.4 Å². The van der Waals surface area contributed by atoms with Crippen LogP contribution in [0.5, 0.6) is 0 Å². The summed E-state index contributed by atoms with van der Waals surface area (Å²) in [6, 6.07) is 17.1. The van der Waals surface area contributed by atoms with E-state index in [0.29, 0.717) is 22.4 Å². The van der Waals surface area contributed by atoms with Gasteiger partial charge in [0.15, 0.2) is 11.0 Å². The third-order valence-electron chi connectivity index (χ3n) is 4.63. The smallest absolute Gasteiger partial charge is 0.234 e. The number of thioether (sulfide) groups is 1. The van der Waals surface area contributed by atoms with Crippen LogP contribution >= 0.6 is 23.4 Å². The van der Waals surface area contributed by atoms with Crippen LogP contribution in [0.1, 0.15) is 6.92 Å². The standard InChI is InChI=1S/C22H21ClN6OS/c1-3-29-21(16-13-28(2)27-20(16)15-9-5-4-6-10-15)25-26-22(29)31-14-19(30)24-18-12-8-7-11-17(18)23/h4-13H,3,14H2,1-2H3,(H,24,30). The first-order valence-corrected chi connectivity index (χ1v) is 11.1. The summed E-state index contributed by atoms with van der Waals surface area (Å²) in [5.41, 5.74) is 3.35. The van der Waals surface area contributed by atoms with E-state index in [1.165, 1.54) is 11.8 Å². The van der Waals surface area contributed by atoms with Gasteiger partial charge in [0.2, 0.25) is 5.91 Å². The molecule has 0 aliphatic rings. The predicted octanol–water partition coefficient (Wildman–Crippen LogP) is 4.75. The molecule has 0 aliphatic carbocycles. The number of benzene rings is 2. The SMILES string of the molecule is CCn1c(SCC(=O)Nc2ccccc2Cl)nnc1-c1cn(C)nc1-c1ccccc1. The normalized spacial score (nSPS) is 10.9. The number of hydrogen-bond donors (Lipinski definition) is 1. The van der Waals surface area contributed by atoms with Crippen LogP contribution in [0.4, 0.5) is 5.69 Å². The Labute approximate surface area is 189 Å². The lowest BCUT2D eigenvalue weighted by Crippen LogP contribution is -2.15. The van der Waals surface area contributed by atoms with Gasteiger partial charge in [0.25, 0.3) is 0 Å². The summed E-state index contributed by atoms with van der Waals surface area (Å²) in [7, 11) is 1.89. The minimum absolute atomic E-state index is 0.156. The molecule has 4 rings (SSSR count). The van der Waals surface area contributed by atoms with Crippen molar-refractivity contribution in [3.8, 4) is 22.6 Å². The van der Waals surface area contributed by atoms with Crippen molar-refractivity contribution in [2.24, 2.45) is 7.05 Å².